The lowest BCUT2D eigenvalue weighted by atomic mass is 10.1. The van der Waals surface area contributed by atoms with Gasteiger partial charge in [0.2, 0.25) is 0 Å². The summed E-state index contributed by atoms with van der Waals surface area (Å²) in [6.45, 7) is 0. The van der Waals surface area contributed by atoms with E-state index in [-0.39, 0.29) is 22.8 Å². The number of sulfone groups is 1. The third-order valence-electron chi connectivity index (χ3n) is 3.06. The summed E-state index contributed by atoms with van der Waals surface area (Å²) < 4.78 is 36.1. The zero-order chi connectivity index (χ0) is 14.0. The normalized spacial score (nSPS) is 21.8. The molecule has 1 amide bonds. The van der Waals surface area contributed by atoms with Gasteiger partial charge in [-0.15, -0.1) is 0 Å². The van der Waals surface area contributed by atoms with Crippen molar-refractivity contribution < 1.29 is 17.6 Å². The number of benzene rings is 1. The highest BCUT2D eigenvalue weighted by Gasteiger charge is 2.26. The maximum absolute atomic E-state index is 13.2. The fourth-order valence-electron chi connectivity index (χ4n) is 2.07. The van der Waals surface area contributed by atoms with Crippen molar-refractivity contribution in [1.29, 1.82) is 0 Å². The number of carbonyl (C=O) groups is 1. The van der Waals surface area contributed by atoms with E-state index in [1.54, 1.807) is 0 Å². The molecule has 1 atom stereocenters. The molecule has 1 aromatic rings. The van der Waals surface area contributed by atoms with Crippen molar-refractivity contribution in [3.63, 3.8) is 0 Å². The van der Waals surface area contributed by atoms with E-state index >= 15 is 0 Å². The molecule has 1 aliphatic rings. The Kier molecular flexibility index (Phi) is 3.75. The van der Waals surface area contributed by atoms with Crippen molar-refractivity contribution in [2.24, 2.45) is 0 Å². The van der Waals surface area contributed by atoms with Gasteiger partial charge in [0.25, 0.3) is 5.91 Å². The van der Waals surface area contributed by atoms with Gasteiger partial charge >= 0.3 is 0 Å². The molecule has 1 heterocycles. The topological polar surface area (TPSA) is 89.3 Å². The second-order valence-corrected chi connectivity index (χ2v) is 6.89. The number of hydrogen-bond donors (Lipinski definition) is 2. The minimum Gasteiger partial charge on any atom is -0.396 e. The van der Waals surface area contributed by atoms with E-state index in [9.17, 15) is 17.6 Å². The second kappa shape index (κ2) is 5.16. The number of hydrogen-bond acceptors (Lipinski definition) is 4. The zero-order valence-corrected chi connectivity index (χ0v) is 11.0. The zero-order valence-electron chi connectivity index (χ0n) is 10.2. The van der Waals surface area contributed by atoms with Crippen LogP contribution in [-0.2, 0) is 9.84 Å². The summed E-state index contributed by atoms with van der Waals surface area (Å²) in [6.07, 6.45) is 1.14. The van der Waals surface area contributed by atoms with E-state index in [0.29, 0.717) is 12.8 Å². The van der Waals surface area contributed by atoms with Crippen LogP contribution in [0, 0.1) is 5.82 Å². The summed E-state index contributed by atoms with van der Waals surface area (Å²) in [5.74, 6) is -1.04. The molecule has 104 valence electrons. The molecule has 1 unspecified atom stereocenters. The van der Waals surface area contributed by atoms with Crippen LogP contribution < -0.4 is 11.1 Å². The van der Waals surface area contributed by atoms with Crippen molar-refractivity contribution in [3.05, 3.63) is 29.6 Å². The molecule has 1 saturated heterocycles. The molecule has 3 N–H and O–H groups in total. The predicted octanol–water partition coefficient (Wildman–Crippen LogP) is 0.715. The smallest absolute Gasteiger partial charge is 0.251 e. The van der Waals surface area contributed by atoms with Crippen LogP contribution in [0.1, 0.15) is 23.2 Å². The first-order valence-corrected chi connectivity index (χ1v) is 7.76. The maximum Gasteiger partial charge on any atom is 0.251 e. The van der Waals surface area contributed by atoms with Gasteiger partial charge in [-0.25, -0.2) is 12.8 Å². The summed E-state index contributed by atoms with van der Waals surface area (Å²) in [6, 6.07) is 3.35. The highest BCUT2D eigenvalue weighted by molar-refractivity contribution is 7.91. The molecule has 19 heavy (non-hydrogen) atoms. The Balaban J connectivity index is 2.06. The second-order valence-electron chi connectivity index (χ2n) is 4.66. The van der Waals surface area contributed by atoms with E-state index in [0.717, 1.165) is 6.07 Å². The van der Waals surface area contributed by atoms with Crippen LogP contribution >= 0.6 is 0 Å². The van der Waals surface area contributed by atoms with Gasteiger partial charge in [0, 0.05) is 11.6 Å². The summed E-state index contributed by atoms with van der Waals surface area (Å²) >= 11 is 0. The van der Waals surface area contributed by atoms with Crippen LogP contribution in [0.25, 0.3) is 0 Å². The third-order valence-corrected chi connectivity index (χ3v) is 4.88. The molecule has 2 rings (SSSR count). The fourth-order valence-corrected chi connectivity index (χ4v) is 3.71. The molecule has 0 aromatic heterocycles. The minimum absolute atomic E-state index is 0.0307. The molecule has 0 saturated carbocycles. The van der Waals surface area contributed by atoms with Crippen LogP contribution in [0.5, 0.6) is 0 Å². The van der Waals surface area contributed by atoms with Crippen LogP contribution in [0.15, 0.2) is 18.2 Å². The van der Waals surface area contributed by atoms with Crippen molar-refractivity contribution in [2.45, 2.75) is 18.9 Å². The Morgan fingerprint density at radius 3 is 2.79 bits per heavy atom. The molecule has 1 fully saturated rings. The Morgan fingerprint density at radius 2 is 2.16 bits per heavy atom. The Hall–Kier alpha value is -1.63. The minimum atomic E-state index is -3.08. The van der Waals surface area contributed by atoms with Crippen molar-refractivity contribution in [2.75, 3.05) is 17.2 Å². The van der Waals surface area contributed by atoms with Crippen molar-refractivity contribution in [3.8, 4) is 0 Å². The lowest BCUT2D eigenvalue weighted by molar-refractivity contribution is 0.0938. The molecule has 0 bridgehead atoms. The van der Waals surface area contributed by atoms with E-state index in [1.807, 2.05) is 0 Å². The first-order valence-electron chi connectivity index (χ1n) is 5.94. The number of halogens is 1. The lowest BCUT2D eigenvalue weighted by Gasteiger charge is -2.23. The summed E-state index contributed by atoms with van der Waals surface area (Å²) in [7, 11) is -3.08. The Bertz CT molecular complexity index is 601. The van der Waals surface area contributed by atoms with E-state index in [4.69, 9.17) is 5.73 Å². The van der Waals surface area contributed by atoms with Crippen LogP contribution in [0.4, 0.5) is 10.1 Å². The van der Waals surface area contributed by atoms with Gasteiger partial charge in [0.1, 0.15) is 5.82 Å². The molecule has 7 heteroatoms. The van der Waals surface area contributed by atoms with Gasteiger partial charge in [0.15, 0.2) is 9.84 Å². The lowest BCUT2D eigenvalue weighted by Crippen LogP contribution is -2.43. The van der Waals surface area contributed by atoms with Crippen LogP contribution in [-0.4, -0.2) is 31.9 Å². The standard InChI is InChI=1S/C12H15FN2O3S/c13-10-6-8(3-4-11(10)14)12(16)15-9-2-1-5-19(17,18)7-9/h3-4,6,9H,1-2,5,7,14H2,(H,15,16). The third kappa shape index (κ3) is 3.44. The highest BCUT2D eigenvalue weighted by atomic mass is 32.2. The number of anilines is 1. The fraction of sp³-hybridized carbons (Fsp3) is 0.417. The number of nitrogen functional groups attached to an aromatic ring is 1. The average molecular weight is 286 g/mol. The molecule has 5 nitrogen and oxygen atoms in total. The highest BCUT2D eigenvalue weighted by Crippen LogP contribution is 2.15. The average Bonchev–Trinajstić information content (AvgIpc) is 2.31. The molecule has 0 aliphatic carbocycles. The molecule has 0 spiro atoms. The molecule has 0 radical (unpaired) electrons. The van der Waals surface area contributed by atoms with Gasteiger partial charge in [-0.1, -0.05) is 0 Å². The van der Waals surface area contributed by atoms with Crippen LogP contribution in [0.3, 0.4) is 0 Å². The first-order chi connectivity index (χ1) is 8.87. The maximum atomic E-state index is 13.2. The van der Waals surface area contributed by atoms with Gasteiger partial charge in [0.05, 0.1) is 17.2 Å². The van der Waals surface area contributed by atoms with E-state index in [1.165, 1.54) is 12.1 Å². The number of carbonyl (C=O) groups excluding carboxylic acids is 1. The number of amides is 1. The monoisotopic (exact) mass is 286 g/mol. The Morgan fingerprint density at radius 1 is 1.42 bits per heavy atom. The number of nitrogens with one attached hydrogen (secondary N) is 1. The van der Waals surface area contributed by atoms with E-state index < -0.39 is 27.6 Å². The quantitative estimate of drug-likeness (QED) is 0.784. The molecule has 1 aromatic carbocycles. The van der Waals surface area contributed by atoms with Gasteiger partial charge < -0.3 is 11.1 Å². The summed E-state index contributed by atoms with van der Waals surface area (Å²) in [4.78, 5) is 11.9. The Labute approximate surface area is 110 Å². The number of nitrogens with two attached hydrogens (primary N) is 1. The van der Waals surface area contributed by atoms with Gasteiger partial charge in [-0.2, -0.15) is 0 Å². The molecular weight excluding hydrogens is 271 g/mol. The van der Waals surface area contributed by atoms with E-state index in [2.05, 4.69) is 5.32 Å². The van der Waals surface area contributed by atoms with Crippen molar-refractivity contribution >= 4 is 21.4 Å². The predicted molar refractivity (Wildman–Crippen MR) is 70.0 cm³/mol. The summed E-state index contributed by atoms with van der Waals surface area (Å²) in [5.41, 5.74) is 5.43. The van der Waals surface area contributed by atoms with Crippen LogP contribution in [0.2, 0.25) is 0 Å². The van der Waals surface area contributed by atoms with Gasteiger partial charge in [-0.05, 0) is 31.0 Å². The van der Waals surface area contributed by atoms with Gasteiger partial charge in [-0.3, -0.25) is 4.79 Å². The summed E-state index contributed by atoms with van der Waals surface area (Å²) in [5, 5.41) is 2.61. The molecule has 1 aliphatic heterocycles. The SMILES string of the molecule is Nc1ccc(C(=O)NC2CCCS(=O)(=O)C2)cc1F. The first kappa shape index (κ1) is 13.8. The molecular formula is C12H15FN2O3S. The largest absolute Gasteiger partial charge is 0.396 e. The van der Waals surface area contributed by atoms with Crippen molar-refractivity contribution in [1.82, 2.24) is 5.32 Å². The number of rotatable bonds is 2.